The van der Waals surface area contributed by atoms with Crippen LogP contribution in [0.15, 0.2) is 11.6 Å². The van der Waals surface area contributed by atoms with E-state index >= 15 is 0 Å². The summed E-state index contributed by atoms with van der Waals surface area (Å²) in [7, 11) is 1.37. The Morgan fingerprint density at radius 2 is 1.92 bits per heavy atom. The number of hydrogen-bond acceptors (Lipinski definition) is 3. The number of hydrogen-bond donors (Lipinski definition) is 0. The van der Waals surface area contributed by atoms with Crippen LogP contribution in [0.3, 0.4) is 0 Å². The van der Waals surface area contributed by atoms with Gasteiger partial charge in [-0.25, -0.2) is 4.79 Å². The molecule has 3 nitrogen and oxygen atoms in total. The fourth-order valence-corrected chi connectivity index (χ4v) is 0.661. The lowest BCUT2D eigenvalue weighted by atomic mass is 10.2. The minimum absolute atomic E-state index is 0.174. The van der Waals surface area contributed by atoms with Gasteiger partial charge in [0.05, 0.1) is 19.3 Å². The highest BCUT2D eigenvalue weighted by molar-refractivity contribution is 5.87. The molecule has 0 aromatic heterocycles. The van der Waals surface area contributed by atoms with E-state index in [0.717, 1.165) is 0 Å². The van der Waals surface area contributed by atoms with Crippen LogP contribution in [0.25, 0.3) is 0 Å². The normalized spacial score (nSPS) is 12.8. The zero-order valence-electron chi connectivity index (χ0n) is 9.01. The predicted molar refractivity (Wildman–Crippen MR) is 51.5 cm³/mol. The van der Waals surface area contributed by atoms with Gasteiger partial charge in [0.15, 0.2) is 0 Å². The van der Waals surface area contributed by atoms with Gasteiger partial charge in [-0.15, -0.1) is 0 Å². The minimum Gasteiger partial charge on any atom is -0.466 e. The van der Waals surface area contributed by atoms with Crippen molar-refractivity contribution in [2.75, 3.05) is 13.7 Å². The fraction of sp³-hybridized carbons (Fsp3) is 0.700. The molecule has 0 radical (unpaired) electrons. The monoisotopic (exact) mass is 186 g/mol. The predicted octanol–water partition coefficient (Wildman–Crippen LogP) is 1.92. The quantitative estimate of drug-likeness (QED) is 0.499. The van der Waals surface area contributed by atoms with Gasteiger partial charge in [0, 0.05) is 5.57 Å². The highest BCUT2D eigenvalue weighted by Gasteiger charge is 2.09. The Kier molecular flexibility index (Phi) is 4.70. The molecule has 0 bridgehead atoms. The van der Waals surface area contributed by atoms with Crippen molar-refractivity contribution in [2.45, 2.75) is 33.3 Å². The second-order valence-corrected chi connectivity index (χ2v) is 3.80. The molecular formula is C10H18O3. The average molecular weight is 186 g/mol. The first-order chi connectivity index (χ1) is 5.87. The number of carbonyl (C=O) groups excluding carboxylic acids is 1. The lowest BCUT2D eigenvalue weighted by molar-refractivity contribution is -0.136. The van der Waals surface area contributed by atoms with Crippen LogP contribution in [0.5, 0.6) is 0 Å². The Hall–Kier alpha value is -0.830. The largest absolute Gasteiger partial charge is 0.466 e. The maximum Gasteiger partial charge on any atom is 0.333 e. The van der Waals surface area contributed by atoms with Gasteiger partial charge in [0.25, 0.3) is 0 Å². The summed E-state index contributed by atoms with van der Waals surface area (Å²) in [6.07, 6.45) is 1.72. The second kappa shape index (κ2) is 5.02. The highest BCUT2D eigenvalue weighted by atomic mass is 16.5. The summed E-state index contributed by atoms with van der Waals surface area (Å²) in [4.78, 5) is 10.9. The standard InChI is InChI=1S/C10H18O3/c1-8(9(11)12-5)6-7-13-10(2,3)4/h6H,7H2,1-5H3. The Labute approximate surface area is 79.7 Å². The SMILES string of the molecule is COC(=O)C(C)=CCOC(C)(C)C. The maximum absolute atomic E-state index is 10.9. The van der Waals surface area contributed by atoms with Gasteiger partial charge >= 0.3 is 5.97 Å². The first-order valence-electron chi connectivity index (χ1n) is 4.26. The van der Waals surface area contributed by atoms with E-state index in [0.29, 0.717) is 12.2 Å². The van der Waals surface area contributed by atoms with E-state index in [1.54, 1.807) is 13.0 Å². The van der Waals surface area contributed by atoms with Crippen molar-refractivity contribution in [2.24, 2.45) is 0 Å². The maximum atomic E-state index is 10.9. The van der Waals surface area contributed by atoms with E-state index in [1.807, 2.05) is 20.8 Å². The molecule has 0 aliphatic carbocycles. The van der Waals surface area contributed by atoms with Crippen LogP contribution < -0.4 is 0 Å². The summed E-state index contributed by atoms with van der Waals surface area (Å²) in [5, 5.41) is 0. The van der Waals surface area contributed by atoms with Crippen LogP contribution in [-0.4, -0.2) is 25.3 Å². The molecule has 13 heavy (non-hydrogen) atoms. The fourth-order valence-electron chi connectivity index (χ4n) is 0.661. The molecular weight excluding hydrogens is 168 g/mol. The zero-order valence-corrected chi connectivity index (χ0v) is 9.01. The van der Waals surface area contributed by atoms with Crippen LogP contribution >= 0.6 is 0 Å². The van der Waals surface area contributed by atoms with Crippen molar-refractivity contribution < 1.29 is 14.3 Å². The molecule has 3 heteroatoms. The van der Waals surface area contributed by atoms with Crippen molar-refractivity contribution in [1.29, 1.82) is 0 Å². The number of rotatable bonds is 3. The van der Waals surface area contributed by atoms with E-state index in [1.165, 1.54) is 7.11 Å². The van der Waals surface area contributed by atoms with E-state index < -0.39 is 0 Å². The van der Waals surface area contributed by atoms with Crippen molar-refractivity contribution >= 4 is 5.97 Å². The van der Waals surface area contributed by atoms with Crippen molar-refractivity contribution in [3.63, 3.8) is 0 Å². The van der Waals surface area contributed by atoms with Crippen molar-refractivity contribution in [3.05, 3.63) is 11.6 Å². The van der Waals surface area contributed by atoms with Gasteiger partial charge in [0.1, 0.15) is 0 Å². The van der Waals surface area contributed by atoms with Crippen LogP contribution in [0.4, 0.5) is 0 Å². The molecule has 0 aliphatic rings. The molecule has 0 heterocycles. The van der Waals surface area contributed by atoms with Gasteiger partial charge in [-0.05, 0) is 33.8 Å². The molecule has 0 aromatic carbocycles. The molecule has 0 N–H and O–H groups in total. The van der Waals surface area contributed by atoms with Crippen LogP contribution in [0.2, 0.25) is 0 Å². The van der Waals surface area contributed by atoms with Crippen molar-refractivity contribution in [3.8, 4) is 0 Å². The first kappa shape index (κ1) is 12.2. The van der Waals surface area contributed by atoms with Gasteiger partial charge in [0.2, 0.25) is 0 Å². The molecule has 0 atom stereocenters. The zero-order chi connectivity index (χ0) is 10.5. The molecule has 0 saturated heterocycles. The number of carbonyl (C=O) groups is 1. The molecule has 0 aliphatic heterocycles. The molecule has 0 fully saturated rings. The molecule has 0 amide bonds. The lowest BCUT2D eigenvalue weighted by Gasteiger charge is -2.18. The molecule has 76 valence electrons. The Morgan fingerprint density at radius 1 is 1.38 bits per heavy atom. The number of ether oxygens (including phenoxy) is 2. The summed E-state index contributed by atoms with van der Waals surface area (Å²) < 4.78 is 9.94. The van der Waals surface area contributed by atoms with Gasteiger partial charge in [-0.1, -0.05) is 0 Å². The second-order valence-electron chi connectivity index (χ2n) is 3.80. The first-order valence-corrected chi connectivity index (χ1v) is 4.26. The van der Waals surface area contributed by atoms with Crippen LogP contribution in [0, 0.1) is 0 Å². The summed E-state index contributed by atoms with van der Waals surface area (Å²) in [5.74, 6) is -0.308. The molecule has 0 unspecified atom stereocenters. The summed E-state index contributed by atoms with van der Waals surface area (Å²) >= 11 is 0. The Balaban J connectivity index is 3.92. The molecule has 0 saturated carbocycles. The van der Waals surface area contributed by atoms with E-state index in [-0.39, 0.29) is 11.6 Å². The third-order valence-corrected chi connectivity index (χ3v) is 1.41. The van der Waals surface area contributed by atoms with Gasteiger partial charge < -0.3 is 9.47 Å². The molecule has 0 aromatic rings. The third-order valence-electron chi connectivity index (χ3n) is 1.41. The molecule has 0 rings (SSSR count). The number of methoxy groups -OCH3 is 1. The smallest absolute Gasteiger partial charge is 0.333 e. The topological polar surface area (TPSA) is 35.5 Å². The summed E-state index contributed by atoms with van der Waals surface area (Å²) in [6.45, 7) is 8.04. The molecule has 0 spiro atoms. The highest BCUT2D eigenvalue weighted by Crippen LogP contribution is 2.07. The Morgan fingerprint density at radius 3 is 2.31 bits per heavy atom. The Bertz CT molecular complexity index is 199. The van der Waals surface area contributed by atoms with Gasteiger partial charge in [-0.3, -0.25) is 0 Å². The van der Waals surface area contributed by atoms with Gasteiger partial charge in [-0.2, -0.15) is 0 Å². The third kappa shape index (κ3) is 6.34. The summed E-state index contributed by atoms with van der Waals surface area (Å²) in [6, 6.07) is 0. The van der Waals surface area contributed by atoms with E-state index in [2.05, 4.69) is 4.74 Å². The minimum atomic E-state index is -0.308. The summed E-state index contributed by atoms with van der Waals surface area (Å²) in [5.41, 5.74) is 0.402. The van der Waals surface area contributed by atoms with E-state index in [4.69, 9.17) is 4.74 Å². The van der Waals surface area contributed by atoms with Crippen molar-refractivity contribution in [1.82, 2.24) is 0 Å². The van der Waals surface area contributed by atoms with E-state index in [9.17, 15) is 4.79 Å². The lowest BCUT2D eigenvalue weighted by Crippen LogP contribution is -2.19. The average Bonchev–Trinajstić information content (AvgIpc) is 2.00. The number of esters is 1. The van der Waals surface area contributed by atoms with Crippen LogP contribution in [-0.2, 0) is 14.3 Å². The van der Waals surface area contributed by atoms with Crippen LogP contribution in [0.1, 0.15) is 27.7 Å².